The number of amides is 1. The average molecular weight is 590 g/mol. The van der Waals surface area contributed by atoms with E-state index < -0.39 is 5.97 Å². The molecule has 4 aromatic rings. The van der Waals surface area contributed by atoms with Gasteiger partial charge in [0, 0.05) is 23.1 Å². The van der Waals surface area contributed by atoms with Crippen molar-refractivity contribution in [1.29, 1.82) is 0 Å². The van der Waals surface area contributed by atoms with Gasteiger partial charge in [-0.1, -0.05) is 53.2 Å². The summed E-state index contributed by atoms with van der Waals surface area (Å²) in [4.78, 5) is 25.5. The summed E-state index contributed by atoms with van der Waals surface area (Å²) in [6.45, 7) is 4.23. The van der Waals surface area contributed by atoms with Gasteiger partial charge in [0.15, 0.2) is 11.0 Å². The molecule has 2 heterocycles. The molecule has 8 nitrogen and oxygen atoms in total. The van der Waals surface area contributed by atoms with E-state index in [4.69, 9.17) is 32.7 Å². The highest BCUT2D eigenvalue weighted by molar-refractivity contribution is 7.99. The van der Waals surface area contributed by atoms with Gasteiger partial charge in [-0.2, -0.15) is 0 Å². The van der Waals surface area contributed by atoms with Gasteiger partial charge in [0.2, 0.25) is 5.91 Å². The zero-order chi connectivity index (χ0) is 27.2. The van der Waals surface area contributed by atoms with E-state index in [0.29, 0.717) is 43.9 Å². The Morgan fingerprint density at radius 2 is 1.84 bits per heavy atom. The fourth-order valence-electron chi connectivity index (χ4n) is 3.57. The van der Waals surface area contributed by atoms with Crippen molar-refractivity contribution < 1.29 is 19.1 Å². The second-order valence-corrected chi connectivity index (χ2v) is 10.4. The molecule has 0 saturated heterocycles. The van der Waals surface area contributed by atoms with Gasteiger partial charge in [-0.3, -0.25) is 9.36 Å². The summed E-state index contributed by atoms with van der Waals surface area (Å²) in [5.74, 6) is 0.444. The number of carbonyl (C=O) groups excluding carboxylic acids is 2. The number of methoxy groups -OCH3 is 2. The molecule has 12 heteroatoms. The van der Waals surface area contributed by atoms with E-state index in [0.717, 1.165) is 11.1 Å². The van der Waals surface area contributed by atoms with Crippen LogP contribution in [0.2, 0.25) is 10.0 Å². The Kier molecular flexibility index (Phi) is 9.11. The molecule has 0 saturated carbocycles. The molecule has 38 heavy (non-hydrogen) atoms. The van der Waals surface area contributed by atoms with Crippen molar-refractivity contribution in [2.75, 3.05) is 25.3 Å². The first-order valence-corrected chi connectivity index (χ1v) is 13.7. The van der Waals surface area contributed by atoms with Gasteiger partial charge >= 0.3 is 5.97 Å². The van der Waals surface area contributed by atoms with Crippen molar-refractivity contribution >= 4 is 63.2 Å². The third-order valence-electron chi connectivity index (χ3n) is 5.37. The minimum Gasteiger partial charge on any atom is -0.497 e. The standard InChI is InChI=1S/C26H22Cl2N4O4S2/c1-4-11-32-23(16-7-10-19(27)20(28)12-16)30-31-26(32)38-14-21(33)29-24-22(25(34)36-3)18(13-37-24)15-5-8-17(35-2)9-6-15/h4-10,12-13H,1,11,14H2,2-3H3,(H,29,33). The number of allylic oxidation sites excluding steroid dienone is 1. The highest BCUT2D eigenvalue weighted by Crippen LogP contribution is 2.37. The summed E-state index contributed by atoms with van der Waals surface area (Å²) in [7, 11) is 2.89. The smallest absolute Gasteiger partial charge is 0.341 e. The monoisotopic (exact) mass is 588 g/mol. The number of ether oxygens (including phenoxy) is 2. The Balaban J connectivity index is 1.52. The van der Waals surface area contributed by atoms with E-state index >= 15 is 0 Å². The average Bonchev–Trinajstić information content (AvgIpc) is 3.53. The second-order valence-electron chi connectivity index (χ2n) is 7.74. The summed E-state index contributed by atoms with van der Waals surface area (Å²) in [5.41, 5.74) is 2.48. The lowest BCUT2D eigenvalue weighted by Crippen LogP contribution is -2.16. The Morgan fingerprint density at radius 1 is 1.11 bits per heavy atom. The molecule has 0 atom stereocenters. The number of thiophene rings is 1. The summed E-state index contributed by atoms with van der Waals surface area (Å²) < 4.78 is 12.0. The van der Waals surface area contributed by atoms with Crippen LogP contribution in [-0.4, -0.2) is 46.6 Å². The number of nitrogens with one attached hydrogen (secondary N) is 1. The van der Waals surface area contributed by atoms with Crippen LogP contribution in [-0.2, 0) is 16.1 Å². The highest BCUT2D eigenvalue weighted by Gasteiger charge is 2.23. The fourth-order valence-corrected chi connectivity index (χ4v) is 5.59. The van der Waals surface area contributed by atoms with Crippen LogP contribution in [0.3, 0.4) is 0 Å². The first-order chi connectivity index (χ1) is 18.4. The number of benzene rings is 2. The lowest BCUT2D eigenvalue weighted by molar-refractivity contribution is -0.113. The van der Waals surface area contributed by atoms with Crippen LogP contribution in [0.15, 0.2) is 65.7 Å². The predicted molar refractivity (Wildman–Crippen MR) is 153 cm³/mol. The van der Waals surface area contributed by atoms with E-state index in [1.165, 1.54) is 30.2 Å². The van der Waals surface area contributed by atoms with Gasteiger partial charge in [0.1, 0.15) is 16.3 Å². The SMILES string of the molecule is C=CCn1c(SCC(=O)Nc2scc(-c3ccc(OC)cc3)c2C(=O)OC)nnc1-c1ccc(Cl)c(Cl)c1. The van der Waals surface area contributed by atoms with Gasteiger partial charge in [0.25, 0.3) is 0 Å². The third-order valence-corrected chi connectivity index (χ3v) is 7.97. The van der Waals surface area contributed by atoms with Crippen molar-refractivity contribution in [2.45, 2.75) is 11.7 Å². The van der Waals surface area contributed by atoms with E-state index in [-0.39, 0.29) is 17.2 Å². The summed E-state index contributed by atoms with van der Waals surface area (Å²) in [6, 6.07) is 12.5. The minimum absolute atomic E-state index is 0.0348. The molecule has 0 aliphatic rings. The maximum atomic E-state index is 12.9. The molecular formula is C26H22Cl2N4O4S2. The number of nitrogens with zero attached hydrogens (tertiary/aromatic N) is 3. The lowest BCUT2D eigenvalue weighted by atomic mass is 10.0. The van der Waals surface area contributed by atoms with Crippen LogP contribution in [0.4, 0.5) is 5.00 Å². The number of hydrogen-bond donors (Lipinski definition) is 1. The van der Waals surface area contributed by atoms with Gasteiger partial charge in [-0.25, -0.2) is 4.79 Å². The van der Waals surface area contributed by atoms with Crippen molar-refractivity contribution in [3.63, 3.8) is 0 Å². The summed E-state index contributed by atoms with van der Waals surface area (Å²) in [5, 5.41) is 14.9. The van der Waals surface area contributed by atoms with Crippen molar-refractivity contribution in [3.8, 4) is 28.3 Å². The lowest BCUT2D eigenvalue weighted by Gasteiger charge is -2.09. The maximum absolute atomic E-state index is 12.9. The topological polar surface area (TPSA) is 95.3 Å². The molecule has 2 aromatic heterocycles. The molecule has 0 bridgehead atoms. The first kappa shape index (κ1) is 27.7. The zero-order valence-corrected chi connectivity index (χ0v) is 23.5. The third kappa shape index (κ3) is 6.05. The fraction of sp³-hybridized carbons (Fsp3) is 0.154. The summed E-state index contributed by atoms with van der Waals surface area (Å²) >= 11 is 14.7. The molecular weight excluding hydrogens is 567 g/mol. The van der Waals surface area contributed by atoms with Gasteiger partial charge in [-0.05, 0) is 35.9 Å². The van der Waals surface area contributed by atoms with E-state index in [1.54, 1.807) is 48.9 Å². The van der Waals surface area contributed by atoms with Crippen LogP contribution >= 0.6 is 46.3 Å². The zero-order valence-electron chi connectivity index (χ0n) is 20.4. The molecule has 2 aromatic carbocycles. The number of rotatable bonds is 10. The second kappa shape index (κ2) is 12.5. The molecule has 0 aliphatic heterocycles. The van der Waals surface area contributed by atoms with Crippen LogP contribution in [0.1, 0.15) is 10.4 Å². The Bertz CT molecular complexity index is 1490. The quantitative estimate of drug-likeness (QED) is 0.125. The van der Waals surface area contributed by atoms with Gasteiger partial charge < -0.3 is 14.8 Å². The van der Waals surface area contributed by atoms with Crippen molar-refractivity contribution in [3.05, 3.63) is 76.1 Å². The van der Waals surface area contributed by atoms with E-state index in [9.17, 15) is 9.59 Å². The molecule has 0 unspecified atom stereocenters. The number of esters is 1. The molecule has 0 aliphatic carbocycles. The summed E-state index contributed by atoms with van der Waals surface area (Å²) in [6.07, 6.45) is 1.71. The van der Waals surface area contributed by atoms with Crippen molar-refractivity contribution in [1.82, 2.24) is 14.8 Å². The molecule has 196 valence electrons. The van der Waals surface area contributed by atoms with Crippen molar-refractivity contribution in [2.24, 2.45) is 0 Å². The van der Waals surface area contributed by atoms with Gasteiger partial charge in [-0.15, -0.1) is 28.1 Å². The molecule has 0 radical (unpaired) electrons. The number of carbonyl (C=O) groups is 2. The highest BCUT2D eigenvalue weighted by atomic mass is 35.5. The Hall–Kier alpha value is -3.31. The molecule has 4 rings (SSSR count). The predicted octanol–water partition coefficient (Wildman–Crippen LogP) is 6.69. The van der Waals surface area contributed by atoms with E-state index in [2.05, 4.69) is 22.1 Å². The molecule has 1 amide bonds. The largest absolute Gasteiger partial charge is 0.497 e. The molecule has 1 N–H and O–H groups in total. The van der Waals surface area contributed by atoms with Crippen LogP contribution in [0, 0.1) is 0 Å². The Morgan fingerprint density at radius 3 is 2.50 bits per heavy atom. The number of hydrogen-bond acceptors (Lipinski definition) is 8. The van der Waals surface area contributed by atoms with Crippen LogP contribution in [0.5, 0.6) is 5.75 Å². The number of halogens is 2. The number of anilines is 1. The number of thioether (sulfide) groups is 1. The minimum atomic E-state index is -0.544. The van der Waals surface area contributed by atoms with Gasteiger partial charge in [0.05, 0.1) is 30.0 Å². The normalized spacial score (nSPS) is 10.7. The van der Waals surface area contributed by atoms with E-state index in [1.807, 2.05) is 16.7 Å². The maximum Gasteiger partial charge on any atom is 0.341 e. The Labute approximate surface area is 237 Å². The number of aromatic nitrogens is 3. The van der Waals surface area contributed by atoms with Crippen LogP contribution in [0.25, 0.3) is 22.5 Å². The van der Waals surface area contributed by atoms with Crippen LogP contribution < -0.4 is 10.1 Å². The first-order valence-electron chi connectivity index (χ1n) is 11.1. The molecule has 0 spiro atoms. The molecule has 0 fully saturated rings.